The fourth-order valence-electron chi connectivity index (χ4n) is 1.69. The molecule has 0 aromatic carbocycles. The summed E-state index contributed by atoms with van der Waals surface area (Å²) in [6.07, 6.45) is 0. The molecule has 5 nitrogen and oxygen atoms in total. The lowest BCUT2D eigenvalue weighted by atomic mass is 10.3. The van der Waals surface area contributed by atoms with E-state index < -0.39 is 5.97 Å². The van der Waals surface area contributed by atoms with Gasteiger partial charge in [-0.1, -0.05) is 19.9 Å². The average molecular weight is 251 g/mol. The Balaban J connectivity index is 2.35. The number of pyridine rings is 1. The van der Waals surface area contributed by atoms with Crippen LogP contribution in [0.5, 0.6) is 0 Å². The molecule has 0 atom stereocenters. The average Bonchev–Trinajstić information content (AvgIpc) is 2.39. The summed E-state index contributed by atoms with van der Waals surface area (Å²) in [4.78, 5) is 17.1. The van der Waals surface area contributed by atoms with E-state index in [2.05, 4.69) is 29.0 Å². The van der Waals surface area contributed by atoms with Gasteiger partial charge in [0.05, 0.1) is 5.69 Å². The van der Waals surface area contributed by atoms with Gasteiger partial charge in [0, 0.05) is 19.6 Å². The molecule has 0 spiro atoms. The molecule has 1 aromatic heterocycles. The van der Waals surface area contributed by atoms with E-state index in [0.29, 0.717) is 6.54 Å². The van der Waals surface area contributed by atoms with E-state index in [4.69, 9.17) is 5.11 Å². The van der Waals surface area contributed by atoms with Crippen LogP contribution in [0.3, 0.4) is 0 Å². The predicted octanol–water partition coefficient (Wildman–Crippen LogP) is 1.21. The van der Waals surface area contributed by atoms with Gasteiger partial charge in [0.25, 0.3) is 0 Å². The molecule has 0 saturated heterocycles. The number of carboxylic acids is 1. The Bertz CT molecular complexity index is 378. The van der Waals surface area contributed by atoms with Crippen molar-refractivity contribution in [3.05, 3.63) is 29.6 Å². The van der Waals surface area contributed by atoms with Crippen molar-refractivity contribution in [2.75, 3.05) is 26.2 Å². The SMILES string of the molecule is CCN(CC)CCNCc1cccc(C(=O)O)n1. The molecule has 0 bridgehead atoms. The Morgan fingerprint density at radius 3 is 2.72 bits per heavy atom. The third-order valence-electron chi connectivity index (χ3n) is 2.83. The first kappa shape index (κ1) is 14.6. The number of hydrogen-bond donors (Lipinski definition) is 2. The quantitative estimate of drug-likeness (QED) is 0.680. The molecule has 2 N–H and O–H groups in total. The lowest BCUT2D eigenvalue weighted by Crippen LogP contribution is -2.31. The van der Waals surface area contributed by atoms with Gasteiger partial charge in [-0.05, 0) is 25.2 Å². The minimum atomic E-state index is -0.986. The van der Waals surface area contributed by atoms with Gasteiger partial charge >= 0.3 is 5.97 Å². The Morgan fingerprint density at radius 1 is 1.39 bits per heavy atom. The monoisotopic (exact) mass is 251 g/mol. The van der Waals surface area contributed by atoms with Crippen LogP contribution in [0.1, 0.15) is 30.0 Å². The van der Waals surface area contributed by atoms with Crippen LogP contribution in [-0.4, -0.2) is 47.1 Å². The maximum atomic E-state index is 10.8. The van der Waals surface area contributed by atoms with Gasteiger partial charge in [0.15, 0.2) is 0 Å². The molecule has 0 fully saturated rings. The maximum Gasteiger partial charge on any atom is 0.354 e. The van der Waals surface area contributed by atoms with Crippen LogP contribution < -0.4 is 5.32 Å². The summed E-state index contributed by atoms with van der Waals surface area (Å²) >= 11 is 0. The molecule has 0 aliphatic carbocycles. The molecule has 0 radical (unpaired) electrons. The lowest BCUT2D eigenvalue weighted by molar-refractivity contribution is 0.0690. The van der Waals surface area contributed by atoms with Crippen molar-refractivity contribution in [2.24, 2.45) is 0 Å². The number of aromatic carboxylic acids is 1. The van der Waals surface area contributed by atoms with Crippen LogP contribution in [0, 0.1) is 0 Å². The van der Waals surface area contributed by atoms with Crippen LogP contribution in [0.15, 0.2) is 18.2 Å². The molecule has 1 aromatic rings. The van der Waals surface area contributed by atoms with Crippen molar-refractivity contribution >= 4 is 5.97 Å². The summed E-state index contributed by atoms with van der Waals surface area (Å²) in [5.74, 6) is -0.986. The number of likely N-dealkylation sites (N-methyl/N-ethyl adjacent to an activating group) is 1. The number of carboxylic acid groups (broad SMARTS) is 1. The van der Waals surface area contributed by atoms with Crippen molar-refractivity contribution in [1.29, 1.82) is 0 Å². The zero-order valence-corrected chi connectivity index (χ0v) is 11.0. The Kier molecular flexibility index (Phi) is 6.32. The van der Waals surface area contributed by atoms with Gasteiger partial charge in [-0.2, -0.15) is 0 Å². The molecule has 0 amide bonds. The summed E-state index contributed by atoms with van der Waals surface area (Å²) < 4.78 is 0. The molecule has 0 aliphatic heterocycles. The highest BCUT2D eigenvalue weighted by Gasteiger charge is 2.04. The van der Waals surface area contributed by atoms with Crippen molar-refractivity contribution in [3.63, 3.8) is 0 Å². The van der Waals surface area contributed by atoms with Crippen LogP contribution in [-0.2, 0) is 6.54 Å². The normalized spacial score (nSPS) is 10.8. The first-order valence-corrected chi connectivity index (χ1v) is 6.29. The summed E-state index contributed by atoms with van der Waals surface area (Å²) in [6, 6.07) is 5.05. The minimum Gasteiger partial charge on any atom is -0.477 e. The number of carbonyl (C=O) groups is 1. The van der Waals surface area contributed by atoms with E-state index in [1.54, 1.807) is 6.07 Å². The number of hydrogen-bond acceptors (Lipinski definition) is 4. The Labute approximate surface area is 108 Å². The first-order chi connectivity index (χ1) is 8.67. The third-order valence-corrected chi connectivity index (χ3v) is 2.83. The standard InChI is InChI=1S/C13H21N3O2/c1-3-16(4-2)9-8-14-10-11-6-5-7-12(15-11)13(17)18/h5-7,14H,3-4,8-10H2,1-2H3,(H,17,18). The van der Waals surface area contributed by atoms with Gasteiger partial charge in [0.2, 0.25) is 0 Å². The number of rotatable bonds is 8. The van der Waals surface area contributed by atoms with Gasteiger partial charge in [0.1, 0.15) is 5.69 Å². The molecule has 18 heavy (non-hydrogen) atoms. The highest BCUT2D eigenvalue weighted by molar-refractivity contribution is 5.85. The van der Waals surface area contributed by atoms with E-state index >= 15 is 0 Å². The summed E-state index contributed by atoms with van der Waals surface area (Å²) in [6.45, 7) is 8.84. The number of nitrogens with zero attached hydrogens (tertiary/aromatic N) is 2. The zero-order chi connectivity index (χ0) is 13.4. The van der Waals surface area contributed by atoms with Crippen LogP contribution in [0.2, 0.25) is 0 Å². The smallest absolute Gasteiger partial charge is 0.354 e. The van der Waals surface area contributed by atoms with Crippen molar-refractivity contribution < 1.29 is 9.90 Å². The molecular weight excluding hydrogens is 230 g/mol. The lowest BCUT2D eigenvalue weighted by Gasteiger charge is -2.17. The van der Waals surface area contributed by atoms with E-state index in [0.717, 1.165) is 31.9 Å². The Hall–Kier alpha value is -1.46. The highest BCUT2D eigenvalue weighted by atomic mass is 16.4. The minimum absolute atomic E-state index is 0.0954. The number of aromatic nitrogens is 1. The fraction of sp³-hybridized carbons (Fsp3) is 0.538. The van der Waals surface area contributed by atoms with Gasteiger partial charge in [-0.15, -0.1) is 0 Å². The molecule has 1 rings (SSSR count). The molecule has 5 heteroatoms. The third kappa shape index (κ3) is 4.81. The molecule has 1 heterocycles. The zero-order valence-electron chi connectivity index (χ0n) is 11.0. The van der Waals surface area contributed by atoms with E-state index in [1.807, 2.05) is 6.07 Å². The van der Waals surface area contributed by atoms with E-state index in [-0.39, 0.29) is 5.69 Å². The Morgan fingerprint density at radius 2 is 2.11 bits per heavy atom. The summed E-state index contributed by atoms with van der Waals surface area (Å²) in [7, 11) is 0. The van der Waals surface area contributed by atoms with Crippen molar-refractivity contribution in [2.45, 2.75) is 20.4 Å². The van der Waals surface area contributed by atoms with Gasteiger partial charge in [-0.25, -0.2) is 9.78 Å². The summed E-state index contributed by atoms with van der Waals surface area (Å²) in [5.41, 5.74) is 0.854. The first-order valence-electron chi connectivity index (χ1n) is 6.29. The van der Waals surface area contributed by atoms with Crippen LogP contribution in [0.4, 0.5) is 0 Å². The molecule has 0 saturated carbocycles. The van der Waals surface area contributed by atoms with E-state index in [1.165, 1.54) is 6.07 Å². The maximum absolute atomic E-state index is 10.8. The van der Waals surface area contributed by atoms with Gasteiger partial charge in [-0.3, -0.25) is 0 Å². The van der Waals surface area contributed by atoms with Gasteiger partial charge < -0.3 is 15.3 Å². The molecule has 0 unspecified atom stereocenters. The second-order valence-corrected chi connectivity index (χ2v) is 4.02. The second-order valence-electron chi connectivity index (χ2n) is 4.02. The topological polar surface area (TPSA) is 65.5 Å². The van der Waals surface area contributed by atoms with Crippen LogP contribution >= 0.6 is 0 Å². The largest absolute Gasteiger partial charge is 0.477 e. The molecule has 0 aliphatic rings. The van der Waals surface area contributed by atoms with Crippen LogP contribution in [0.25, 0.3) is 0 Å². The second kappa shape index (κ2) is 7.79. The molecule has 100 valence electrons. The predicted molar refractivity (Wildman–Crippen MR) is 70.7 cm³/mol. The highest BCUT2D eigenvalue weighted by Crippen LogP contribution is 1.99. The molecular formula is C13H21N3O2. The summed E-state index contributed by atoms with van der Waals surface area (Å²) in [5, 5.41) is 12.1. The van der Waals surface area contributed by atoms with Crippen molar-refractivity contribution in [1.82, 2.24) is 15.2 Å². The fourth-order valence-corrected chi connectivity index (χ4v) is 1.69. The number of nitrogens with one attached hydrogen (secondary N) is 1. The van der Waals surface area contributed by atoms with E-state index in [9.17, 15) is 4.79 Å². The van der Waals surface area contributed by atoms with Crippen molar-refractivity contribution in [3.8, 4) is 0 Å².